The minimum absolute atomic E-state index is 0.116. The Hall–Kier alpha value is -0.383. The van der Waals surface area contributed by atoms with Gasteiger partial charge in [0.05, 0.1) is 0 Å². The van der Waals surface area contributed by atoms with Gasteiger partial charge in [0, 0.05) is 0 Å². The molecule has 0 aliphatic rings. The van der Waals surface area contributed by atoms with Crippen molar-refractivity contribution in [3.63, 3.8) is 0 Å². The molecule has 2 N–H and O–H groups in total. The monoisotopic (exact) mass is 245 g/mol. The van der Waals surface area contributed by atoms with Crippen molar-refractivity contribution >= 4 is 8.32 Å². The molecule has 0 aliphatic heterocycles. The number of hydrogen-bond donors (Lipinski definition) is 1. The van der Waals surface area contributed by atoms with E-state index in [1.807, 2.05) is 0 Å². The first-order valence-corrected chi connectivity index (χ1v) is 8.20. The fourth-order valence-electron chi connectivity index (χ4n) is 1.36. The van der Waals surface area contributed by atoms with Crippen LogP contribution in [0.1, 0.15) is 27.7 Å². The molecule has 0 fully saturated rings. The third-order valence-electron chi connectivity index (χ3n) is 3.00. The van der Waals surface area contributed by atoms with Crippen LogP contribution in [0.15, 0.2) is 0 Å². The molecule has 0 aromatic heterocycles. The second-order valence-electron chi connectivity index (χ2n) is 4.10. The lowest BCUT2D eigenvalue weighted by Gasteiger charge is -2.31. The Kier molecular flexibility index (Phi) is 6.87. The van der Waals surface area contributed by atoms with E-state index in [0.717, 1.165) is 18.1 Å². The summed E-state index contributed by atoms with van der Waals surface area (Å²) in [6.45, 7) is 8.20. The molecule has 0 aromatic rings. The van der Waals surface area contributed by atoms with Crippen LogP contribution in [-0.4, -0.2) is 20.5 Å². The van der Waals surface area contributed by atoms with E-state index >= 15 is 0 Å². The lowest BCUT2D eigenvalue weighted by Crippen LogP contribution is -2.42. The normalized spacial score (nSPS) is 15.5. The zero-order chi connectivity index (χ0) is 12.7. The summed E-state index contributed by atoms with van der Waals surface area (Å²) in [6, 6.07) is 3.01. The van der Waals surface area contributed by atoms with Crippen molar-refractivity contribution in [2.45, 2.75) is 51.4 Å². The van der Waals surface area contributed by atoms with E-state index in [9.17, 15) is 0 Å². The summed E-state index contributed by atoms with van der Waals surface area (Å²) in [6.07, 6.45) is 5.37. The molecule has 1 unspecified atom stereocenters. The van der Waals surface area contributed by atoms with Gasteiger partial charge in [-0.25, -0.2) is 10.8 Å². The zero-order valence-electron chi connectivity index (χ0n) is 10.7. The average molecular weight is 245 g/mol. The van der Waals surface area contributed by atoms with Crippen LogP contribution in [-0.2, 0) is 14.3 Å². The van der Waals surface area contributed by atoms with E-state index in [4.69, 9.17) is 21.8 Å². The number of hydrogen-bond acceptors (Lipinski definition) is 4. The first kappa shape index (κ1) is 15.6. The van der Waals surface area contributed by atoms with Crippen LogP contribution in [0.4, 0.5) is 0 Å². The molecule has 0 saturated heterocycles. The first-order valence-electron chi connectivity index (χ1n) is 5.67. The molecule has 4 nitrogen and oxygen atoms in total. The lowest BCUT2D eigenvalue weighted by atomic mass is 10.1. The van der Waals surface area contributed by atoms with E-state index in [1.54, 1.807) is 6.92 Å². The maximum absolute atomic E-state index is 5.65. The van der Waals surface area contributed by atoms with E-state index in [2.05, 4.69) is 31.5 Å². The van der Waals surface area contributed by atoms with Gasteiger partial charge in [0.15, 0.2) is 5.60 Å². The van der Waals surface area contributed by atoms with E-state index in [0.29, 0.717) is 0 Å². The number of rotatable bonds is 8. The third kappa shape index (κ3) is 4.24. The van der Waals surface area contributed by atoms with Crippen molar-refractivity contribution in [3.05, 3.63) is 0 Å². The first-order chi connectivity index (χ1) is 7.51. The van der Waals surface area contributed by atoms with Gasteiger partial charge >= 0.3 is 0 Å². The molecule has 0 aliphatic carbocycles. The molecular weight excluding hydrogens is 222 g/mol. The van der Waals surface area contributed by atoms with Gasteiger partial charge in [-0.15, -0.1) is 6.42 Å². The van der Waals surface area contributed by atoms with Gasteiger partial charge in [-0.1, -0.05) is 26.7 Å². The van der Waals surface area contributed by atoms with Gasteiger partial charge in [-0.3, -0.25) is 4.58 Å². The highest BCUT2D eigenvalue weighted by molar-refractivity contribution is 6.73. The van der Waals surface area contributed by atoms with Crippen LogP contribution >= 0.6 is 0 Å². The van der Waals surface area contributed by atoms with Crippen LogP contribution in [0, 0.1) is 12.3 Å². The second kappa shape index (κ2) is 7.04. The van der Waals surface area contributed by atoms with Gasteiger partial charge in [0.25, 0.3) is 0 Å². The summed E-state index contributed by atoms with van der Waals surface area (Å²) in [4.78, 5) is 9.91. The molecule has 0 amide bonds. The molecule has 0 heterocycles. The molecule has 0 spiro atoms. The Balaban J connectivity index is 4.45. The van der Waals surface area contributed by atoms with E-state index < -0.39 is 13.9 Å². The largest absolute Gasteiger partial charge is 0.300 e. The van der Waals surface area contributed by atoms with E-state index in [1.165, 1.54) is 0 Å². The summed E-state index contributed by atoms with van der Waals surface area (Å²) < 4.78 is 5.65. The highest BCUT2D eigenvalue weighted by Crippen LogP contribution is 2.24. The van der Waals surface area contributed by atoms with Crippen molar-refractivity contribution in [3.8, 4) is 12.3 Å². The predicted octanol–water partition coefficient (Wildman–Crippen LogP) is 2.22. The van der Waals surface area contributed by atoms with Crippen molar-refractivity contribution in [1.29, 1.82) is 0 Å². The van der Waals surface area contributed by atoms with Crippen LogP contribution in [0.5, 0.6) is 0 Å². The Morgan fingerprint density at radius 1 is 1.25 bits per heavy atom. The Bertz CT molecular complexity index is 230. The smallest absolute Gasteiger partial charge is 0.238 e. The molecule has 0 saturated carbocycles. The molecule has 5 heteroatoms. The summed E-state index contributed by atoms with van der Waals surface area (Å²) in [5, 5.41) is 0. The quantitative estimate of drug-likeness (QED) is 0.308. The maximum Gasteiger partial charge on any atom is 0.238 e. The molecule has 1 atom stereocenters. The fourth-order valence-corrected chi connectivity index (χ4v) is 3.57. The van der Waals surface area contributed by atoms with Crippen LogP contribution in [0.2, 0.25) is 18.1 Å². The van der Waals surface area contributed by atoms with Gasteiger partial charge in [-0.05, 0) is 25.1 Å². The Labute approximate surface area is 99.5 Å². The van der Waals surface area contributed by atoms with Gasteiger partial charge < -0.3 is 4.84 Å². The van der Waals surface area contributed by atoms with Gasteiger partial charge in [-0.2, -0.15) is 0 Å². The highest BCUT2D eigenvalue weighted by Gasteiger charge is 2.34. The zero-order valence-corrected chi connectivity index (χ0v) is 11.7. The minimum Gasteiger partial charge on any atom is -0.300 e. The summed E-state index contributed by atoms with van der Waals surface area (Å²) >= 11 is 0. The van der Waals surface area contributed by atoms with Gasteiger partial charge in [0.1, 0.15) is 6.61 Å². The molecule has 0 rings (SSSR count). The lowest BCUT2D eigenvalue weighted by molar-refractivity contribution is -0.289. The number of nitrogens with two attached hydrogens (primary N) is 1. The van der Waals surface area contributed by atoms with Crippen LogP contribution in [0.25, 0.3) is 0 Å². The molecule has 94 valence electrons. The van der Waals surface area contributed by atoms with Crippen LogP contribution < -0.4 is 5.90 Å². The summed E-state index contributed by atoms with van der Waals surface area (Å²) in [5.41, 5.74) is -0.910. The van der Waals surface area contributed by atoms with Gasteiger partial charge in [0.2, 0.25) is 8.32 Å². The summed E-state index contributed by atoms with van der Waals surface area (Å²) in [5.74, 6) is 7.50. The fraction of sp³-hybridized carbons (Fsp3) is 0.818. The summed E-state index contributed by atoms with van der Waals surface area (Å²) in [7, 11) is -1.79. The Morgan fingerprint density at radius 2 is 1.75 bits per heavy atom. The SMILES string of the molecule is C#CC(C)(CON)OO[Si](CC)(CC)CC. The second-order valence-corrected chi connectivity index (χ2v) is 8.75. The van der Waals surface area contributed by atoms with Crippen molar-refractivity contribution < 1.29 is 14.3 Å². The van der Waals surface area contributed by atoms with Crippen LogP contribution in [0.3, 0.4) is 0 Å². The van der Waals surface area contributed by atoms with E-state index in [-0.39, 0.29) is 6.61 Å². The molecule has 0 radical (unpaired) electrons. The average Bonchev–Trinajstić information content (AvgIpc) is 2.32. The maximum atomic E-state index is 5.65. The Morgan fingerprint density at radius 3 is 2.06 bits per heavy atom. The standard InChI is InChI=1S/C11H23NO3Si/c1-6-11(5,10-13-12)14-15-16(7-2,8-3)9-4/h1H,7-10,12H2,2-5H3. The molecule has 0 aromatic carbocycles. The third-order valence-corrected chi connectivity index (χ3v) is 7.30. The molecule has 0 bridgehead atoms. The predicted molar refractivity (Wildman–Crippen MR) is 66.7 cm³/mol. The van der Waals surface area contributed by atoms with Crippen molar-refractivity contribution in [2.24, 2.45) is 5.90 Å². The molecular formula is C11H23NO3Si. The molecule has 16 heavy (non-hydrogen) atoms. The topological polar surface area (TPSA) is 53.7 Å². The highest BCUT2D eigenvalue weighted by atomic mass is 28.4. The van der Waals surface area contributed by atoms with Crippen molar-refractivity contribution in [1.82, 2.24) is 0 Å². The number of terminal acetylenes is 1. The minimum atomic E-state index is -1.79. The van der Waals surface area contributed by atoms with Crippen molar-refractivity contribution in [2.75, 3.05) is 6.61 Å².